The summed E-state index contributed by atoms with van der Waals surface area (Å²) in [6.07, 6.45) is 3.18. The second-order valence-corrected chi connectivity index (χ2v) is 3.20. The molecule has 0 aliphatic heterocycles. The van der Waals surface area contributed by atoms with Gasteiger partial charge in [-0.15, -0.1) is 0 Å². The Hall–Kier alpha value is -0.790. The van der Waals surface area contributed by atoms with E-state index in [-0.39, 0.29) is 6.42 Å². The molecule has 70 valence electrons. The van der Waals surface area contributed by atoms with Crippen LogP contribution in [0.3, 0.4) is 0 Å². The molecule has 0 bridgehead atoms. The lowest BCUT2D eigenvalue weighted by Crippen LogP contribution is -1.95. The Morgan fingerprint density at radius 1 is 1.08 bits per heavy atom. The second kappa shape index (κ2) is 5.81. The maximum absolute atomic E-state index is 10.3. The predicted molar refractivity (Wildman–Crippen MR) is 50.2 cm³/mol. The van der Waals surface area contributed by atoms with Gasteiger partial charge in [-0.3, -0.25) is 4.79 Å². The van der Waals surface area contributed by atoms with Gasteiger partial charge in [-0.2, -0.15) is 0 Å². The molecule has 0 saturated heterocycles. The molecule has 0 aliphatic carbocycles. The van der Waals surface area contributed by atoms with E-state index in [1.165, 1.54) is 11.1 Å². The average molecular weight is 170 g/mol. The zero-order valence-corrected chi connectivity index (χ0v) is 8.18. The summed E-state index contributed by atoms with van der Waals surface area (Å²) in [7, 11) is 0. The van der Waals surface area contributed by atoms with E-state index in [0.29, 0.717) is 6.42 Å². The summed E-state index contributed by atoms with van der Waals surface area (Å²) in [6.45, 7) is 6.24. The third-order valence-electron chi connectivity index (χ3n) is 2.07. The molecule has 0 amide bonds. The number of allylic oxidation sites excluding steroid dienone is 2. The Bertz CT molecular complexity index is 180. The minimum absolute atomic E-state index is 0.257. The summed E-state index contributed by atoms with van der Waals surface area (Å²) >= 11 is 0. The van der Waals surface area contributed by atoms with Gasteiger partial charge in [-0.1, -0.05) is 24.5 Å². The maximum atomic E-state index is 10.3. The molecule has 2 nitrogen and oxygen atoms in total. The number of hydrogen-bond acceptors (Lipinski definition) is 1. The van der Waals surface area contributed by atoms with Crippen LogP contribution in [0.5, 0.6) is 0 Å². The number of carboxylic acid groups (broad SMARTS) is 1. The van der Waals surface area contributed by atoms with E-state index >= 15 is 0 Å². The summed E-state index contributed by atoms with van der Waals surface area (Å²) in [5.41, 5.74) is 2.58. The summed E-state index contributed by atoms with van der Waals surface area (Å²) in [4.78, 5) is 10.3. The summed E-state index contributed by atoms with van der Waals surface area (Å²) in [6, 6.07) is 0. The van der Waals surface area contributed by atoms with Crippen molar-refractivity contribution in [2.24, 2.45) is 0 Å². The first-order chi connectivity index (χ1) is 5.57. The quantitative estimate of drug-likeness (QED) is 0.644. The third kappa shape index (κ3) is 4.94. The molecule has 0 saturated carbocycles. The van der Waals surface area contributed by atoms with Crippen molar-refractivity contribution in [1.29, 1.82) is 0 Å². The van der Waals surface area contributed by atoms with Crippen molar-refractivity contribution in [3.05, 3.63) is 11.1 Å². The van der Waals surface area contributed by atoms with Gasteiger partial charge >= 0.3 is 5.97 Å². The van der Waals surface area contributed by atoms with Crippen molar-refractivity contribution in [3.63, 3.8) is 0 Å². The van der Waals surface area contributed by atoms with Crippen LogP contribution in [-0.4, -0.2) is 11.1 Å². The molecular weight excluding hydrogens is 152 g/mol. The molecule has 0 aromatic heterocycles. The number of carboxylic acids is 1. The van der Waals surface area contributed by atoms with Gasteiger partial charge in [0.05, 0.1) is 0 Å². The number of hydrogen-bond donors (Lipinski definition) is 1. The van der Waals surface area contributed by atoms with Crippen LogP contribution in [0.25, 0.3) is 0 Å². The highest BCUT2D eigenvalue weighted by Crippen LogP contribution is 2.14. The Balaban J connectivity index is 3.89. The third-order valence-corrected chi connectivity index (χ3v) is 2.07. The number of aliphatic carboxylic acids is 1. The van der Waals surface area contributed by atoms with E-state index in [1.807, 2.05) is 6.92 Å². The van der Waals surface area contributed by atoms with E-state index in [0.717, 1.165) is 12.8 Å². The summed E-state index contributed by atoms with van der Waals surface area (Å²) in [5.74, 6) is -0.710. The van der Waals surface area contributed by atoms with Gasteiger partial charge in [0.1, 0.15) is 0 Å². The van der Waals surface area contributed by atoms with Crippen LogP contribution in [0, 0.1) is 0 Å². The van der Waals surface area contributed by atoms with Crippen LogP contribution in [0.15, 0.2) is 11.1 Å². The highest BCUT2D eigenvalue weighted by molar-refractivity contribution is 5.67. The van der Waals surface area contributed by atoms with Crippen LogP contribution < -0.4 is 0 Å². The Morgan fingerprint density at radius 3 is 2.00 bits per heavy atom. The van der Waals surface area contributed by atoms with Crippen LogP contribution >= 0.6 is 0 Å². The van der Waals surface area contributed by atoms with Crippen molar-refractivity contribution in [1.82, 2.24) is 0 Å². The van der Waals surface area contributed by atoms with Crippen molar-refractivity contribution < 1.29 is 9.90 Å². The van der Waals surface area contributed by atoms with E-state index in [9.17, 15) is 4.79 Å². The lowest BCUT2D eigenvalue weighted by molar-refractivity contribution is -0.136. The van der Waals surface area contributed by atoms with Crippen molar-refractivity contribution >= 4 is 5.97 Å². The van der Waals surface area contributed by atoms with Crippen LogP contribution in [0.2, 0.25) is 0 Å². The monoisotopic (exact) mass is 170 g/mol. The lowest BCUT2D eigenvalue weighted by atomic mass is 10.0. The average Bonchev–Trinajstić information content (AvgIpc) is 2.00. The van der Waals surface area contributed by atoms with Gasteiger partial charge in [-0.05, 0) is 26.7 Å². The lowest BCUT2D eigenvalue weighted by Gasteiger charge is -2.04. The largest absolute Gasteiger partial charge is 0.481 e. The zero-order chi connectivity index (χ0) is 9.56. The molecule has 0 atom stereocenters. The number of carbonyl (C=O) groups is 1. The van der Waals surface area contributed by atoms with E-state index in [1.54, 1.807) is 0 Å². The molecule has 0 heterocycles. The van der Waals surface area contributed by atoms with E-state index < -0.39 is 5.97 Å². The molecule has 12 heavy (non-hydrogen) atoms. The molecule has 0 radical (unpaired) electrons. The fraction of sp³-hybridized carbons (Fsp3) is 0.700. The molecule has 0 fully saturated rings. The first kappa shape index (κ1) is 11.2. The highest BCUT2D eigenvalue weighted by Gasteiger charge is 2.00. The van der Waals surface area contributed by atoms with Crippen LogP contribution in [0.1, 0.15) is 46.5 Å². The first-order valence-electron chi connectivity index (χ1n) is 4.45. The molecule has 0 aromatic rings. The molecule has 0 rings (SSSR count). The molecule has 2 heteroatoms. The minimum Gasteiger partial charge on any atom is -0.481 e. The molecule has 0 unspecified atom stereocenters. The minimum atomic E-state index is -0.710. The molecule has 1 N–H and O–H groups in total. The van der Waals surface area contributed by atoms with Crippen molar-refractivity contribution in [2.45, 2.75) is 46.5 Å². The van der Waals surface area contributed by atoms with Gasteiger partial charge in [0.2, 0.25) is 0 Å². The summed E-state index contributed by atoms with van der Waals surface area (Å²) < 4.78 is 0. The van der Waals surface area contributed by atoms with Crippen LogP contribution in [-0.2, 0) is 4.79 Å². The Labute approximate surface area is 74.3 Å². The topological polar surface area (TPSA) is 37.3 Å². The SMILES string of the molecule is CCC/C(C)=C(\C)CCC(=O)O. The zero-order valence-electron chi connectivity index (χ0n) is 8.18. The molecule has 0 spiro atoms. The van der Waals surface area contributed by atoms with Crippen molar-refractivity contribution in [2.75, 3.05) is 0 Å². The molecule has 0 aliphatic rings. The normalized spacial score (nSPS) is 12.6. The number of rotatable bonds is 5. The van der Waals surface area contributed by atoms with Gasteiger partial charge in [0, 0.05) is 6.42 Å². The van der Waals surface area contributed by atoms with Gasteiger partial charge in [0.25, 0.3) is 0 Å². The maximum Gasteiger partial charge on any atom is 0.303 e. The van der Waals surface area contributed by atoms with E-state index in [4.69, 9.17) is 5.11 Å². The second-order valence-electron chi connectivity index (χ2n) is 3.20. The highest BCUT2D eigenvalue weighted by atomic mass is 16.4. The summed E-state index contributed by atoms with van der Waals surface area (Å²) in [5, 5.41) is 8.45. The standard InChI is InChI=1S/C10H18O2/c1-4-5-8(2)9(3)6-7-10(11)12/h4-7H2,1-3H3,(H,11,12)/b9-8+. The Morgan fingerprint density at radius 2 is 1.58 bits per heavy atom. The smallest absolute Gasteiger partial charge is 0.303 e. The fourth-order valence-electron chi connectivity index (χ4n) is 1.10. The molecular formula is C10H18O2. The molecule has 0 aromatic carbocycles. The van der Waals surface area contributed by atoms with Crippen LogP contribution in [0.4, 0.5) is 0 Å². The van der Waals surface area contributed by atoms with E-state index in [2.05, 4.69) is 13.8 Å². The fourth-order valence-corrected chi connectivity index (χ4v) is 1.10. The van der Waals surface area contributed by atoms with Gasteiger partial charge < -0.3 is 5.11 Å². The van der Waals surface area contributed by atoms with Gasteiger partial charge in [-0.25, -0.2) is 0 Å². The van der Waals surface area contributed by atoms with Gasteiger partial charge in [0.15, 0.2) is 0 Å². The predicted octanol–water partition coefficient (Wildman–Crippen LogP) is 2.99. The van der Waals surface area contributed by atoms with Crippen molar-refractivity contribution in [3.8, 4) is 0 Å². The Kier molecular flexibility index (Phi) is 5.43. The first-order valence-corrected chi connectivity index (χ1v) is 4.45.